The van der Waals surface area contributed by atoms with Crippen LogP contribution in [0.2, 0.25) is 5.02 Å². The number of nitrogens with zero attached hydrogens (tertiary/aromatic N) is 2. The van der Waals surface area contributed by atoms with Crippen LogP contribution in [0.1, 0.15) is 24.1 Å². The summed E-state index contributed by atoms with van der Waals surface area (Å²) >= 11 is 5.77. The summed E-state index contributed by atoms with van der Waals surface area (Å²) in [5, 5.41) is 7.61. The maximum Gasteiger partial charge on any atom is 0.416 e. The fourth-order valence-corrected chi connectivity index (χ4v) is 2.24. The molecule has 7 heteroatoms. The lowest BCUT2D eigenvalue weighted by Gasteiger charge is -2.10. The van der Waals surface area contributed by atoms with E-state index in [2.05, 4.69) is 10.4 Å². The Balaban J connectivity index is 1.83. The van der Waals surface area contributed by atoms with Gasteiger partial charge in [-0.05, 0) is 37.1 Å². The zero-order chi connectivity index (χ0) is 15.0. The number of hydrogen-bond acceptors (Lipinski definition) is 2. The van der Waals surface area contributed by atoms with Gasteiger partial charge >= 0.3 is 6.18 Å². The Kier molecular flexibility index (Phi) is 3.67. The second-order valence-electron chi connectivity index (χ2n) is 5.10. The van der Waals surface area contributed by atoms with Gasteiger partial charge in [-0.25, -0.2) is 4.68 Å². The molecule has 0 radical (unpaired) electrons. The number of benzene rings is 1. The number of alkyl halides is 3. The minimum absolute atomic E-state index is 0.0352. The van der Waals surface area contributed by atoms with E-state index in [-0.39, 0.29) is 5.02 Å². The van der Waals surface area contributed by atoms with Crippen molar-refractivity contribution in [3.63, 3.8) is 0 Å². The van der Waals surface area contributed by atoms with Gasteiger partial charge in [0.2, 0.25) is 0 Å². The van der Waals surface area contributed by atoms with Crippen LogP contribution in [0.3, 0.4) is 0 Å². The molecule has 21 heavy (non-hydrogen) atoms. The molecular weight excluding hydrogens is 303 g/mol. The lowest BCUT2D eigenvalue weighted by molar-refractivity contribution is -0.137. The molecule has 1 aromatic heterocycles. The molecule has 1 saturated carbocycles. The van der Waals surface area contributed by atoms with Crippen LogP contribution < -0.4 is 5.32 Å². The standard InChI is InChI=1S/C14H13ClF3N3/c15-10-5-9(14(16,17)18)6-13(7-10)21-4-3-12(20-21)8-19-11-1-2-11/h3-7,11,19H,1-2,8H2. The molecule has 1 fully saturated rings. The number of halogens is 4. The van der Waals surface area contributed by atoms with Crippen LogP contribution in [0.15, 0.2) is 30.5 Å². The molecular formula is C14H13ClF3N3. The Morgan fingerprint density at radius 1 is 1.29 bits per heavy atom. The smallest absolute Gasteiger partial charge is 0.308 e. The largest absolute Gasteiger partial charge is 0.416 e. The van der Waals surface area contributed by atoms with Crippen LogP contribution in [0.5, 0.6) is 0 Å². The van der Waals surface area contributed by atoms with E-state index in [1.54, 1.807) is 12.3 Å². The van der Waals surface area contributed by atoms with E-state index in [1.165, 1.54) is 23.6 Å². The summed E-state index contributed by atoms with van der Waals surface area (Å²) in [6.07, 6.45) is -0.452. The van der Waals surface area contributed by atoms with E-state index in [0.29, 0.717) is 18.3 Å². The molecule has 1 aliphatic carbocycles. The van der Waals surface area contributed by atoms with Crippen LogP contribution in [0.4, 0.5) is 13.2 Å². The summed E-state index contributed by atoms with van der Waals surface area (Å²) in [6.45, 7) is 0.615. The highest BCUT2D eigenvalue weighted by atomic mass is 35.5. The molecule has 1 aromatic carbocycles. The quantitative estimate of drug-likeness (QED) is 0.930. The summed E-state index contributed by atoms with van der Waals surface area (Å²) in [7, 11) is 0. The van der Waals surface area contributed by atoms with Crippen LogP contribution in [0.25, 0.3) is 5.69 Å². The fraction of sp³-hybridized carbons (Fsp3) is 0.357. The summed E-state index contributed by atoms with van der Waals surface area (Å²) in [5.74, 6) is 0. The molecule has 1 aliphatic rings. The highest BCUT2D eigenvalue weighted by Crippen LogP contribution is 2.32. The Morgan fingerprint density at radius 3 is 2.71 bits per heavy atom. The van der Waals surface area contributed by atoms with Crippen molar-refractivity contribution in [2.45, 2.75) is 31.6 Å². The van der Waals surface area contributed by atoms with Crippen molar-refractivity contribution in [3.8, 4) is 5.69 Å². The topological polar surface area (TPSA) is 29.9 Å². The Morgan fingerprint density at radius 2 is 2.05 bits per heavy atom. The lowest BCUT2D eigenvalue weighted by atomic mass is 10.2. The summed E-state index contributed by atoms with van der Waals surface area (Å²) in [5.41, 5.74) is 0.307. The van der Waals surface area contributed by atoms with Crippen molar-refractivity contribution in [1.82, 2.24) is 15.1 Å². The van der Waals surface area contributed by atoms with Crippen LogP contribution in [-0.2, 0) is 12.7 Å². The van der Waals surface area contributed by atoms with Gasteiger partial charge in [0.1, 0.15) is 0 Å². The molecule has 0 unspecified atom stereocenters. The Bertz CT molecular complexity index is 647. The molecule has 1 N–H and O–H groups in total. The Hall–Kier alpha value is -1.53. The molecule has 0 spiro atoms. The van der Waals surface area contributed by atoms with Gasteiger partial charge < -0.3 is 5.32 Å². The predicted molar refractivity (Wildman–Crippen MR) is 73.4 cm³/mol. The van der Waals surface area contributed by atoms with Crippen molar-refractivity contribution in [3.05, 3.63) is 46.7 Å². The third-order valence-electron chi connectivity index (χ3n) is 3.27. The number of aromatic nitrogens is 2. The van der Waals surface area contributed by atoms with Crippen molar-refractivity contribution in [1.29, 1.82) is 0 Å². The molecule has 0 aliphatic heterocycles. The number of rotatable bonds is 4. The van der Waals surface area contributed by atoms with Crippen molar-refractivity contribution >= 4 is 11.6 Å². The zero-order valence-corrected chi connectivity index (χ0v) is 11.7. The van der Waals surface area contributed by atoms with E-state index < -0.39 is 11.7 Å². The van der Waals surface area contributed by atoms with Gasteiger partial charge in [-0.15, -0.1) is 0 Å². The predicted octanol–water partition coefficient (Wildman–Crippen LogP) is 3.80. The maximum absolute atomic E-state index is 12.8. The summed E-state index contributed by atoms with van der Waals surface area (Å²) in [4.78, 5) is 0. The third kappa shape index (κ3) is 3.57. The summed E-state index contributed by atoms with van der Waals surface area (Å²) in [6, 6.07) is 5.74. The third-order valence-corrected chi connectivity index (χ3v) is 3.49. The first-order valence-electron chi connectivity index (χ1n) is 6.58. The fourth-order valence-electron chi connectivity index (χ4n) is 2.01. The van der Waals surface area contributed by atoms with Gasteiger partial charge in [-0.1, -0.05) is 11.6 Å². The molecule has 112 valence electrons. The average Bonchev–Trinajstić information content (AvgIpc) is 3.11. The van der Waals surface area contributed by atoms with E-state index in [0.717, 1.165) is 17.8 Å². The maximum atomic E-state index is 12.8. The van der Waals surface area contributed by atoms with Gasteiger partial charge in [0.05, 0.1) is 16.9 Å². The van der Waals surface area contributed by atoms with Crippen molar-refractivity contribution in [2.24, 2.45) is 0 Å². The molecule has 2 aromatic rings. The SMILES string of the molecule is FC(F)(F)c1cc(Cl)cc(-n2ccc(CNC3CC3)n2)c1. The minimum Gasteiger partial charge on any atom is -0.308 e. The van der Waals surface area contributed by atoms with Gasteiger partial charge in [0.25, 0.3) is 0 Å². The zero-order valence-electron chi connectivity index (χ0n) is 11.0. The molecule has 0 atom stereocenters. The second kappa shape index (κ2) is 5.35. The monoisotopic (exact) mass is 315 g/mol. The highest BCUT2D eigenvalue weighted by molar-refractivity contribution is 6.30. The van der Waals surface area contributed by atoms with E-state index >= 15 is 0 Å². The second-order valence-corrected chi connectivity index (χ2v) is 5.54. The van der Waals surface area contributed by atoms with Crippen LogP contribution in [0, 0.1) is 0 Å². The molecule has 0 saturated heterocycles. The first kappa shape index (κ1) is 14.4. The lowest BCUT2D eigenvalue weighted by Crippen LogP contribution is -2.15. The number of hydrogen-bond donors (Lipinski definition) is 1. The highest BCUT2D eigenvalue weighted by Gasteiger charge is 2.31. The summed E-state index contributed by atoms with van der Waals surface area (Å²) < 4.78 is 39.8. The van der Waals surface area contributed by atoms with Gasteiger partial charge in [-0.3, -0.25) is 0 Å². The minimum atomic E-state index is -4.43. The first-order valence-corrected chi connectivity index (χ1v) is 6.96. The van der Waals surface area contributed by atoms with E-state index in [1.807, 2.05) is 0 Å². The van der Waals surface area contributed by atoms with Crippen LogP contribution in [-0.4, -0.2) is 15.8 Å². The van der Waals surface area contributed by atoms with Crippen molar-refractivity contribution in [2.75, 3.05) is 0 Å². The van der Waals surface area contributed by atoms with Gasteiger partial charge in [0, 0.05) is 23.8 Å². The van der Waals surface area contributed by atoms with E-state index in [4.69, 9.17) is 11.6 Å². The molecule has 1 heterocycles. The van der Waals surface area contributed by atoms with Gasteiger partial charge in [-0.2, -0.15) is 18.3 Å². The van der Waals surface area contributed by atoms with Gasteiger partial charge in [0.15, 0.2) is 0 Å². The van der Waals surface area contributed by atoms with E-state index in [9.17, 15) is 13.2 Å². The van der Waals surface area contributed by atoms with Crippen LogP contribution >= 0.6 is 11.6 Å². The normalized spacial score (nSPS) is 15.4. The average molecular weight is 316 g/mol. The molecule has 3 rings (SSSR count). The first-order chi connectivity index (χ1) is 9.91. The molecule has 3 nitrogen and oxygen atoms in total. The Labute approximate surface area is 124 Å². The number of nitrogens with one attached hydrogen (secondary N) is 1. The van der Waals surface area contributed by atoms with Crippen molar-refractivity contribution < 1.29 is 13.2 Å². The molecule has 0 bridgehead atoms. The molecule has 0 amide bonds.